The molecule has 1 N–H and O–H groups in total. The summed E-state index contributed by atoms with van der Waals surface area (Å²) in [4.78, 5) is 37.9. The Hall–Kier alpha value is -2.37. The fourth-order valence-electron chi connectivity index (χ4n) is 3.49. The van der Waals surface area contributed by atoms with Crippen molar-refractivity contribution >= 4 is 17.9 Å². The summed E-state index contributed by atoms with van der Waals surface area (Å²) >= 11 is 0. The molecule has 1 saturated heterocycles. The average Bonchev–Trinajstić information content (AvgIpc) is 3.03. The van der Waals surface area contributed by atoms with Gasteiger partial charge in [-0.15, -0.1) is 0 Å². The zero-order valence-corrected chi connectivity index (χ0v) is 14.3. The Morgan fingerprint density at radius 2 is 1.80 bits per heavy atom. The van der Waals surface area contributed by atoms with Crippen LogP contribution in [0.15, 0.2) is 30.3 Å². The summed E-state index contributed by atoms with van der Waals surface area (Å²) in [5.74, 6) is -0.587. The van der Waals surface area contributed by atoms with Crippen LogP contribution >= 0.6 is 0 Å². The van der Waals surface area contributed by atoms with Gasteiger partial charge in [0.25, 0.3) is 0 Å². The van der Waals surface area contributed by atoms with Crippen molar-refractivity contribution in [2.24, 2.45) is 0 Å². The Balaban J connectivity index is 1.58. The molecule has 0 radical (unpaired) electrons. The standard InChI is InChI=1S/C19H24N2O4/c22-17-12-11-16(18(23)20-15-9-5-2-6-10-15)21(17)19(24)25-13-14-7-3-1-4-8-14/h1,3-4,7-8,15-16H,2,5-6,9-13H2,(H,20,23)/t16-/m0/s1. The molecule has 0 spiro atoms. The lowest BCUT2D eigenvalue weighted by Gasteiger charge is -2.27. The molecule has 0 aromatic heterocycles. The number of likely N-dealkylation sites (tertiary alicyclic amines) is 1. The summed E-state index contributed by atoms with van der Waals surface area (Å²) < 4.78 is 5.24. The number of benzene rings is 1. The predicted octanol–water partition coefficient (Wildman–Crippen LogP) is 2.76. The molecule has 2 aliphatic rings. The average molecular weight is 344 g/mol. The number of amides is 3. The van der Waals surface area contributed by atoms with Crippen molar-refractivity contribution in [2.75, 3.05) is 0 Å². The summed E-state index contributed by atoms with van der Waals surface area (Å²) in [6, 6.07) is 8.66. The fraction of sp³-hybridized carbons (Fsp3) is 0.526. The highest BCUT2D eigenvalue weighted by Crippen LogP contribution is 2.22. The second-order valence-electron chi connectivity index (χ2n) is 6.70. The summed E-state index contributed by atoms with van der Waals surface area (Å²) in [5, 5.41) is 3.00. The van der Waals surface area contributed by atoms with E-state index in [2.05, 4.69) is 5.32 Å². The van der Waals surface area contributed by atoms with Gasteiger partial charge in [-0.2, -0.15) is 0 Å². The largest absolute Gasteiger partial charge is 0.444 e. The molecular weight excluding hydrogens is 320 g/mol. The summed E-state index contributed by atoms with van der Waals surface area (Å²) in [6.45, 7) is 0.0837. The fourth-order valence-corrected chi connectivity index (χ4v) is 3.49. The van der Waals surface area contributed by atoms with E-state index in [1.54, 1.807) is 0 Å². The maximum absolute atomic E-state index is 12.5. The topological polar surface area (TPSA) is 75.7 Å². The number of hydrogen-bond acceptors (Lipinski definition) is 4. The Morgan fingerprint density at radius 1 is 1.08 bits per heavy atom. The van der Waals surface area contributed by atoms with Crippen LogP contribution in [0.5, 0.6) is 0 Å². The first-order valence-corrected chi connectivity index (χ1v) is 8.98. The van der Waals surface area contributed by atoms with Gasteiger partial charge < -0.3 is 10.1 Å². The van der Waals surface area contributed by atoms with Crippen LogP contribution in [0.3, 0.4) is 0 Å². The van der Waals surface area contributed by atoms with E-state index >= 15 is 0 Å². The minimum atomic E-state index is -0.752. The molecule has 1 saturated carbocycles. The van der Waals surface area contributed by atoms with Crippen LogP contribution in [0, 0.1) is 0 Å². The highest BCUT2D eigenvalue weighted by atomic mass is 16.6. The number of carbonyl (C=O) groups excluding carboxylic acids is 3. The van der Waals surface area contributed by atoms with Gasteiger partial charge in [0, 0.05) is 12.5 Å². The molecule has 6 heteroatoms. The van der Waals surface area contributed by atoms with Crippen LogP contribution in [0.1, 0.15) is 50.5 Å². The quantitative estimate of drug-likeness (QED) is 0.911. The summed E-state index contributed by atoms with van der Waals surface area (Å²) in [7, 11) is 0. The van der Waals surface area contributed by atoms with Gasteiger partial charge in [0.2, 0.25) is 11.8 Å². The van der Waals surface area contributed by atoms with Crippen molar-refractivity contribution in [2.45, 2.75) is 63.6 Å². The summed E-state index contributed by atoms with van der Waals surface area (Å²) in [5.41, 5.74) is 0.839. The molecule has 1 heterocycles. The number of ether oxygens (including phenoxy) is 1. The Morgan fingerprint density at radius 3 is 2.52 bits per heavy atom. The van der Waals surface area contributed by atoms with Gasteiger partial charge in [-0.05, 0) is 24.8 Å². The van der Waals surface area contributed by atoms with E-state index < -0.39 is 12.1 Å². The van der Waals surface area contributed by atoms with Crippen molar-refractivity contribution in [3.05, 3.63) is 35.9 Å². The lowest BCUT2D eigenvalue weighted by molar-refractivity contribution is -0.134. The zero-order chi connectivity index (χ0) is 17.6. The number of imide groups is 1. The maximum Gasteiger partial charge on any atom is 0.417 e. The first-order valence-electron chi connectivity index (χ1n) is 8.98. The maximum atomic E-state index is 12.5. The van der Waals surface area contributed by atoms with Crippen LogP contribution in [-0.2, 0) is 20.9 Å². The third kappa shape index (κ3) is 4.38. The molecule has 6 nitrogen and oxygen atoms in total. The van der Waals surface area contributed by atoms with Crippen LogP contribution in [-0.4, -0.2) is 34.9 Å². The molecule has 1 atom stereocenters. The van der Waals surface area contributed by atoms with E-state index in [1.807, 2.05) is 30.3 Å². The number of nitrogens with one attached hydrogen (secondary N) is 1. The first kappa shape index (κ1) is 17.5. The number of hydrogen-bond donors (Lipinski definition) is 1. The van der Waals surface area contributed by atoms with Crippen LogP contribution in [0.2, 0.25) is 0 Å². The molecule has 3 amide bonds. The molecule has 0 unspecified atom stereocenters. The third-order valence-electron chi connectivity index (χ3n) is 4.87. The van der Waals surface area contributed by atoms with E-state index in [9.17, 15) is 14.4 Å². The third-order valence-corrected chi connectivity index (χ3v) is 4.87. The van der Waals surface area contributed by atoms with Crippen molar-refractivity contribution in [3.8, 4) is 0 Å². The molecule has 1 aliphatic carbocycles. The number of carbonyl (C=O) groups is 3. The van der Waals surface area contributed by atoms with E-state index in [0.29, 0.717) is 6.42 Å². The smallest absolute Gasteiger partial charge is 0.417 e. The van der Waals surface area contributed by atoms with Crippen LogP contribution in [0.4, 0.5) is 4.79 Å². The van der Waals surface area contributed by atoms with Crippen LogP contribution < -0.4 is 5.32 Å². The molecule has 1 aromatic rings. The number of rotatable bonds is 4. The molecular formula is C19H24N2O4. The van der Waals surface area contributed by atoms with Gasteiger partial charge in [-0.1, -0.05) is 49.6 Å². The second-order valence-corrected chi connectivity index (χ2v) is 6.70. The van der Waals surface area contributed by atoms with Crippen molar-refractivity contribution in [1.29, 1.82) is 0 Å². The van der Waals surface area contributed by atoms with Crippen molar-refractivity contribution in [1.82, 2.24) is 10.2 Å². The minimum absolute atomic E-state index is 0.0837. The first-order chi connectivity index (χ1) is 12.1. The molecule has 2 fully saturated rings. The van der Waals surface area contributed by atoms with Gasteiger partial charge in [0.15, 0.2) is 0 Å². The molecule has 134 valence electrons. The van der Waals surface area contributed by atoms with Gasteiger partial charge in [0.05, 0.1) is 0 Å². The lowest BCUT2D eigenvalue weighted by atomic mass is 9.95. The minimum Gasteiger partial charge on any atom is -0.444 e. The SMILES string of the molecule is O=C(NC1CCCCC1)[C@@H]1CCC(=O)N1C(=O)OCc1ccccc1. The van der Waals surface area contributed by atoms with E-state index in [4.69, 9.17) is 4.74 Å². The normalized spacial score (nSPS) is 21.2. The molecule has 3 rings (SSSR count). The molecule has 1 aromatic carbocycles. The van der Waals surface area contributed by atoms with Crippen LogP contribution in [0.25, 0.3) is 0 Å². The van der Waals surface area contributed by atoms with Gasteiger partial charge >= 0.3 is 6.09 Å². The Kier molecular flexibility index (Phi) is 5.68. The second kappa shape index (κ2) is 8.14. The highest BCUT2D eigenvalue weighted by molar-refractivity contribution is 6.00. The van der Waals surface area contributed by atoms with Gasteiger partial charge in [-0.3, -0.25) is 9.59 Å². The lowest BCUT2D eigenvalue weighted by Crippen LogP contribution is -2.50. The monoisotopic (exact) mass is 344 g/mol. The predicted molar refractivity (Wildman–Crippen MR) is 91.5 cm³/mol. The Bertz CT molecular complexity index is 626. The van der Waals surface area contributed by atoms with Crippen molar-refractivity contribution in [3.63, 3.8) is 0 Å². The van der Waals surface area contributed by atoms with Crippen molar-refractivity contribution < 1.29 is 19.1 Å². The van der Waals surface area contributed by atoms with E-state index in [1.165, 1.54) is 6.42 Å². The van der Waals surface area contributed by atoms with E-state index in [0.717, 1.165) is 36.1 Å². The van der Waals surface area contributed by atoms with E-state index in [-0.39, 0.29) is 30.9 Å². The highest BCUT2D eigenvalue weighted by Gasteiger charge is 2.41. The zero-order valence-electron chi connectivity index (χ0n) is 14.3. The summed E-state index contributed by atoms with van der Waals surface area (Å²) in [6.07, 6.45) is 5.16. The number of nitrogens with zero attached hydrogens (tertiary/aromatic N) is 1. The molecule has 1 aliphatic heterocycles. The Labute approximate surface area is 147 Å². The van der Waals surface area contributed by atoms with Gasteiger partial charge in [0.1, 0.15) is 12.6 Å². The molecule has 0 bridgehead atoms. The van der Waals surface area contributed by atoms with Gasteiger partial charge in [-0.25, -0.2) is 9.69 Å². The molecule has 25 heavy (non-hydrogen) atoms.